The summed E-state index contributed by atoms with van der Waals surface area (Å²) >= 11 is 3.02. The molecule has 0 atom stereocenters. The van der Waals surface area contributed by atoms with Gasteiger partial charge in [-0.3, -0.25) is 10.4 Å². The zero-order valence-electron chi connectivity index (χ0n) is 9.48. The van der Waals surface area contributed by atoms with Gasteiger partial charge in [-0.2, -0.15) is 13.2 Å². The number of hydrazine groups is 1. The minimum Gasteiger partial charge on any atom is -0.325 e. The van der Waals surface area contributed by atoms with Gasteiger partial charge >= 0.3 is 6.18 Å². The molecule has 0 spiro atoms. The van der Waals surface area contributed by atoms with Crippen LogP contribution in [0.4, 0.5) is 18.9 Å². The number of anilines is 1. The van der Waals surface area contributed by atoms with Gasteiger partial charge in [-0.15, -0.1) is 0 Å². The van der Waals surface area contributed by atoms with Gasteiger partial charge in [0.2, 0.25) is 5.96 Å². The molecule has 0 radical (unpaired) electrons. The topological polar surface area (TPSA) is 62.4 Å². The molecule has 0 amide bonds. The van der Waals surface area contributed by atoms with Crippen molar-refractivity contribution in [3.05, 3.63) is 28.2 Å². The molecule has 0 heterocycles. The maximum atomic E-state index is 12.6. The van der Waals surface area contributed by atoms with Crippen LogP contribution in [0.1, 0.15) is 12.5 Å². The van der Waals surface area contributed by atoms with E-state index in [2.05, 4.69) is 31.7 Å². The molecule has 0 fully saturated rings. The molecule has 8 heteroatoms. The molecule has 0 aliphatic heterocycles. The fourth-order valence-electron chi connectivity index (χ4n) is 1.24. The quantitative estimate of drug-likeness (QED) is 0.339. The van der Waals surface area contributed by atoms with Gasteiger partial charge in [-0.1, -0.05) is 15.9 Å². The van der Waals surface area contributed by atoms with Crippen molar-refractivity contribution < 1.29 is 13.2 Å². The molecule has 1 aromatic carbocycles. The van der Waals surface area contributed by atoms with Gasteiger partial charge in [0.25, 0.3) is 0 Å². The molecule has 1 aromatic rings. The van der Waals surface area contributed by atoms with Crippen molar-refractivity contribution in [2.75, 3.05) is 11.9 Å². The molecule has 4 nitrogen and oxygen atoms in total. The Balaban J connectivity index is 3.03. The molecule has 18 heavy (non-hydrogen) atoms. The van der Waals surface area contributed by atoms with E-state index in [4.69, 9.17) is 5.84 Å². The first-order valence-corrected chi connectivity index (χ1v) is 5.82. The van der Waals surface area contributed by atoms with Crippen LogP contribution in [0.25, 0.3) is 0 Å². The van der Waals surface area contributed by atoms with E-state index >= 15 is 0 Å². The lowest BCUT2D eigenvalue weighted by Crippen LogP contribution is -2.36. The van der Waals surface area contributed by atoms with Crippen molar-refractivity contribution in [3.8, 4) is 0 Å². The maximum Gasteiger partial charge on any atom is 0.416 e. The van der Waals surface area contributed by atoms with Gasteiger partial charge in [-0.05, 0) is 25.1 Å². The summed E-state index contributed by atoms with van der Waals surface area (Å²) < 4.78 is 38.1. The summed E-state index contributed by atoms with van der Waals surface area (Å²) in [5.41, 5.74) is 1.75. The van der Waals surface area contributed by atoms with Crippen LogP contribution in [-0.4, -0.2) is 12.5 Å². The molecular formula is C10H12BrF3N4. The molecule has 0 aromatic heterocycles. The van der Waals surface area contributed by atoms with E-state index in [1.54, 1.807) is 6.92 Å². The third-order valence-electron chi connectivity index (χ3n) is 1.94. The molecule has 100 valence electrons. The number of guanidine groups is 1. The van der Waals surface area contributed by atoms with Crippen LogP contribution in [0.3, 0.4) is 0 Å². The summed E-state index contributed by atoms with van der Waals surface area (Å²) in [6.07, 6.45) is -4.40. The second-order valence-electron chi connectivity index (χ2n) is 3.32. The Morgan fingerprint density at radius 3 is 2.56 bits per heavy atom. The van der Waals surface area contributed by atoms with Crippen molar-refractivity contribution in [1.29, 1.82) is 0 Å². The number of nitrogens with zero attached hydrogens (tertiary/aromatic N) is 1. The van der Waals surface area contributed by atoms with Crippen LogP contribution in [-0.2, 0) is 6.18 Å². The van der Waals surface area contributed by atoms with E-state index in [1.807, 2.05) is 0 Å². The van der Waals surface area contributed by atoms with Gasteiger partial charge in [0.05, 0.1) is 5.56 Å². The van der Waals surface area contributed by atoms with Crippen LogP contribution in [0.15, 0.2) is 27.7 Å². The monoisotopic (exact) mass is 324 g/mol. The molecule has 0 saturated heterocycles. The van der Waals surface area contributed by atoms with Crippen LogP contribution in [0.5, 0.6) is 0 Å². The van der Waals surface area contributed by atoms with Gasteiger partial charge in [0.15, 0.2) is 0 Å². The normalized spacial score (nSPS) is 12.4. The minimum absolute atomic E-state index is 0.198. The molecule has 0 aliphatic rings. The molecule has 1 rings (SSSR count). The lowest BCUT2D eigenvalue weighted by atomic mass is 10.2. The van der Waals surface area contributed by atoms with Gasteiger partial charge in [-0.25, -0.2) is 5.84 Å². The highest BCUT2D eigenvalue weighted by molar-refractivity contribution is 9.10. The average Bonchev–Trinajstić information content (AvgIpc) is 2.26. The van der Waals surface area contributed by atoms with Crippen molar-refractivity contribution in [1.82, 2.24) is 5.43 Å². The van der Waals surface area contributed by atoms with E-state index < -0.39 is 11.7 Å². The predicted molar refractivity (Wildman–Crippen MR) is 68.1 cm³/mol. The Kier molecular flexibility index (Phi) is 4.97. The lowest BCUT2D eigenvalue weighted by Gasteiger charge is -2.12. The number of hydrogen-bond donors (Lipinski definition) is 3. The summed E-state index contributed by atoms with van der Waals surface area (Å²) in [4.78, 5) is 3.93. The first-order valence-electron chi connectivity index (χ1n) is 5.02. The third-order valence-corrected chi connectivity index (χ3v) is 2.40. The Labute approximate surface area is 111 Å². The maximum absolute atomic E-state index is 12.6. The Morgan fingerprint density at radius 2 is 2.06 bits per heavy atom. The van der Waals surface area contributed by atoms with Crippen molar-refractivity contribution in [2.24, 2.45) is 10.8 Å². The van der Waals surface area contributed by atoms with E-state index in [9.17, 15) is 13.2 Å². The van der Waals surface area contributed by atoms with Crippen LogP contribution in [0.2, 0.25) is 0 Å². The smallest absolute Gasteiger partial charge is 0.325 e. The Bertz CT molecular complexity index is 445. The van der Waals surface area contributed by atoms with Gasteiger partial charge in [0.1, 0.15) is 0 Å². The summed E-state index contributed by atoms with van der Waals surface area (Å²) in [6.45, 7) is 2.23. The number of benzene rings is 1. The third kappa shape index (κ3) is 4.19. The molecule has 0 bridgehead atoms. The molecular weight excluding hydrogens is 313 g/mol. The highest BCUT2D eigenvalue weighted by Crippen LogP contribution is 2.33. The van der Waals surface area contributed by atoms with Crippen molar-refractivity contribution in [2.45, 2.75) is 13.1 Å². The zero-order chi connectivity index (χ0) is 13.8. The Morgan fingerprint density at radius 1 is 1.39 bits per heavy atom. The zero-order valence-corrected chi connectivity index (χ0v) is 11.1. The number of halogens is 4. The highest BCUT2D eigenvalue weighted by Gasteiger charge is 2.31. The lowest BCUT2D eigenvalue weighted by molar-refractivity contribution is -0.137. The van der Waals surface area contributed by atoms with E-state index in [1.165, 1.54) is 6.07 Å². The van der Waals surface area contributed by atoms with Crippen LogP contribution < -0.4 is 16.6 Å². The number of alkyl halides is 3. The summed E-state index contributed by atoms with van der Waals surface area (Å²) in [5, 5.41) is 2.67. The summed E-state index contributed by atoms with van der Waals surface area (Å²) in [7, 11) is 0. The SMILES string of the molecule is CCN=C(NN)Nc1cc(Br)cc(C(F)(F)F)c1. The first-order chi connectivity index (χ1) is 8.36. The van der Waals surface area contributed by atoms with Crippen LogP contribution in [0, 0.1) is 0 Å². The minimum atomic E-state index is -4.40. The van der Waals surface area contributed by atoms with Crippen molar-refractivity contribution in [3.63, 3.8) is 0 Å². The second kappa shape index (κ2) is 6.05. The van der Waals surface area contributed by atoms with Gasteiger partial charge in [0, 0.05) is 16.7 Å². The second-order valence-corrected chi connectivity index (χ2v) is 4.23. The van der Waals surface area contributed by atoms with E-state index in [0.717, 1.165) is 12.1 Å². The number of rotatable bonds is 2. The number of nitrogens with two attached hydrogens (primary N) is 1. The van der Waals surface area contributed by atoms with Crippen molar-refractivity contribution >= 4 is 27.6 Å². The number of hydrogen-bond acceptors (Lipinski definition) is 2. The number of aliphatic imine (C=N–C) groups is 1. The van der Waals surface area contributed by atoms with E-state index in [0.29, 0.717) is 11.0 Å². The first kappa shape index (κ1) is 14.8. The predicted octanol–water partition coefficient (Wildman–Crippen LogP) is 2.72. The number of nitrogens with one attached hydrogen (secondary N) is 2. The highest BCUT2D eigenvalue weighted by atomic mass is 79.9. The molecule has 4 N–H and O–H groups in total. The molecule has 0 aliphatic carbocycles. The van der Waals surface area contributed by atoms with Crippen LogP contribution >= 0.6 is 15.9 Å². The summed E-state index contributed by atoms with van der Waals surface area (Å²) in [6, 6.07) is 3.47. The van der Waals surface area contributed by atoms with E-state index in [-0.39, 0.29) is 11.6 Å². The average molecular weight is 325 g/mol. The fraction of sp³-hybridized carbons (Fsp3) is 0.300. The summed E-state index contributed by atoms with van der Waals surface area (Å²) in [5.74, 6) is 5.39. The standard InChI is InChI=1S/C10H12BrF3N4/c1-2-16-9(18-15)17-8-4-6(10(12,13)14)3-7(11)5-8/h3-5H,2,15H2,1H3,(H2,16,17,18). The molecule has 0 unspecified atom stereocenters. The Hall–Kier alpha value is -1.28. The largest absolute Gasteiger partial charge is 0.416 e. The fourth-order valence-corrected chi connectivity index (χ4v) is 1.73. The molecule has 0 saturated carbocycles. The van der Waals surface area contributed by atoms with Gasteiger partial charge < -0.3 is 5.32 Å².